The summed E-state index contributed by atoms with van der Waals surface area (Å²) >= 11 is 0. The van der Waals surface area contributed by atoms with E-state index in [1.165, 1.54) is 6.42 Å². The van der Waals surface area contributed by atoms with Crippen LogP contribution in [0.2, 0.25) is 0 Å². The number of rotatable bonds is 7. The molecule has 0 atom stereocenters. The maximum absolute atomic E-state index is 12.7. The van der Waals surface area contributed by atoms with Crippen LogP contribution >= 0.6 is 0 Å². The van der Waals surface area contributed by atoms with Crippen molar-refractivity contribution < 1.29 is 9.59 Å². The fourth-order valence-electron chi connectivity index (χ4n) is 3.49. The number of hydrogen-bond acceptors (Lipinski definition) is 3. The van der Waals surface area contributed by atoms with Crippen LogP contribution in [0, 0.1) is 0 Å². The maximum atomic E-state index is 12.7. The lowest BCUT2D eigenvalue weighted by molar-refractivity contribution is 0.0954. The van der Waals surface area contributed by atoms with E-state index in [1.54, 1.807) is 6.07 Å². The molecule has 2 aromatic carbocycles. The van der Waals surface area contributed by atoms with Crippen LogP contribution in [0.25, 0.3) is 0 Å². The molecule has 1 fully saturated rings. The lowest BCUT2D eigenvalue weighted by atomic mass is 10.1. The zero-order valence-corrected chi connectivity index (χ0v) is 17.0. The summed E-state index contributed by atoms with van der Waals surface area (Å²) in [5.41, 5.74) is 3.19. The van der Waals surface area contributed by atoms with Gasteiger partial charge in [-0.15, -0.1) is 0 Å². The zero-order valence-electron chi connectivity index (χ0n) is 17.0. The Balaban J connectivity index is 1.71. The van der Waals surface area contributed by atoms with Gasteiger partial charge >= 0.3 is 6.03 Å². The zero-order chi connectivity index (χ0) is 20.5. The number of hydrogen-bond donors (Lipinski definition) is 3. The Bertz CT molecular complexity index is 817. The second-order valence-corrected chi connectivity index (χ2v) is 7.33. The molecule has 0 spiro atoms. The fraction of sp³-hybridized carbons (Fsp3) is 0.391. The van der Waals surface area contributed by atoms with Gasteiger partial charge in [0, 0.05) is 37.6 Å². The Hall–Kier alpha value is -3.02. The Morgan fingerprint density at radius 3 is 2.45 bits per heavy atom. The number of nitrogens with one attached hydrogen (secondary N) is 3. The van der Waals surface area contributed by atoms with Gasteiger partial charge in [0.05, 0.1) is 5.56 Å². The van der Waals surface area contributed by atoms with Crippen molar-refractivity contribution in [3.8, 4) is 0 Å². The monoisotopic (exact) mass is 394 g/mol. The van der Waals surface area contributed by atoms with Gasteiger partial charge < -0.3 is 20.9 Å². The SMILES string of the molecule is CCCNC(=O)c1cc(NC(=O)NCc2ccccc2)ccc1N1CCCCC1. The summed E-state index contributed by atoms with van der Waals surface area (Å²) in [7, 11) is 0. The highest BCUT2D eigenvalue weighted by atomic mass is 16.2. The number of carbonyl (C=O) groups is 2. The van der Waals surface area contributed by atoms with Crippen LogP contribution in [-0.2, 0) is 6.54 Å². The first-order valence-electron chi connectivity index (χ1n) is 10.4. The van der Waals surface area contributed by atoms with Gasteiger partial charge in [-0.05, 0) is 49.4 Å². The molecular formula is C23H30N4O2. The van der Waals surface area contributed by atoms with Crippen molar-refractivity contribution in [1.29, 1.82) is 0 Å². The number of carbonyl (C=O) groups excluding carboxylic acids is 2. The van der Waals surface area contributed by atoms with E-state index in [-0.39, 0.29) is 11.9 Å². The van der Waals surface area contributed by atoms with E-state index in [0.717, 1.165) is 43.6 Å². The van der Waals surface area contributed by atoms with Crippen molar-refractivity contribution >= 4 is 23.3 Å². The van der Waals surface area contributed by atoms with Gasteiger partial charge in [-0.2, -0.15) is 0 Å². The minimum absolute atomic E-state index is 0.0965. The molecule has 0 unspecified atom stereocenters. The average Bonchev–Trinajstić information content (AvgIpc) is 2.77. The van der Waals surface area contributed by atoms with Crippen molar-refractivity contribution in [1.82, 2.24) is 10.6 Å². The predicted molar refractivity (Wildman–Crippen MR) is 117 cm³/mol. The van der Waals surface area contributed by atoms with Crippen molar-refractivity contribution in [2.45, 2.75) is 39.2 Å². The molecule has 0 radical (unpaired) electrons. The van der Waals surface area contributed by atoms with Crippen molar-refractivity contribution in [3.63, 3.8) is 0 Å². The summed E-state index contributed by atoms with van der Waals surface area (Å²) in [5.74, 6) is -0.0965. The second-order valence-electron chi connectivity index (χ2n) is 7.33. The molecule has 1 aliphatic heterocycles. The Kier molecular flexibility index (Phi) is 7.50. The predicted octanol–water partition coefficient (Wildman–Crippen LogP) is 4.14. The summed E-state index contributed by atoms with van der Waals surface area (Å²) in [6.45, 7) is 5.02. The highest BCUT2D eigenvalue weighted by Gasteiger charge is 2.19. The van der Waals surface area contributed by atoms with Crippen LogP contribution in [0.4, 0.5) is 16.2 Å². The number of anilines is 2. The quantitative estimate of drug-likeness (QED) is 0.661. The summed E-state index contributed by atoms with van der Waals surface area (Å²) in [5, 5.41) is 8.65. The minimum Gasteiger partial charge on any atom is -0.371 e. The molecule has 1 heterocycles. The molecule has 3 rings (SSSR count). The number of benzene rings is 2. The number of urea groups is 1. The number of amides is 3. The van der Waals surface area contributed by atoms with Crippen molar-refractivity contribution in [2.75, 3.05) is 29.9 Å². The van der Waals surface area contributed by atoms with Crippen LogP contribution in [0.3, 0.4) is 0 Å². The van der Waals surface area contributed by atoms with Gasteiger partial charge in [-0.25, -0.2) is 4.79 Å². The standard InChI is InChI=1S/C23H30N4O2/c1-2-13-24-22(28)20-16-19(11-12-21(20)27-14-7-4-8-15-27)26-23(29)25-17-18-9-5-3-6-10-18/h3,5-6,9-12,16H,2,4,7-8,13-15,17H2,1H3,(H,24,28)(H2,25,26,29). The molecule has 0 aromatic heterocycles. The molecule has 0 aliphatic carbocycles. The Labute approximate surface area is 172 Å². The molecule has 2 aromatic rings. The summed E-state index contributed by atoms with van der Waals surface area (Å²) < 4.78 is 0. The van der Waals surface area contributed by atoms with Crippen LogP contribution in [-0.4, -0.2) is 31.6 Å². The van der Waals surface area contributed by atoms with Crippen LogP contribution in [0.15, 0.2) is 48.5 Å². The van der Waals surface area contributed by atoms with Crippen LogP contribution in [0.1, 0.15) is 48.5 Å². The molecule has 29 heavy (non-hydrogen) atoms. The molecule has 1 saturated heterocycles. The first-order chi connectivity index (χ1) is 14.2. The van der Waals surface area contributed by atoms with Crippen molar-refractivity contribution in [3.05, 3.63) is 59.7 Å². The molecule has 1 aliphatic rings. The van der Waals surface area contributed by atoms with E-state index in [0.29, 0.717) is 24.3 Å². The molecule has 3 N–H and O–H groups in total. The highest BCUT2D eigenvalue weighted by Crippen LogP contribution is 2.27. The van der Waals surface area contributed by atoms with E-state index in [4.69, 9.17) is 0 Å². The molecular weight excluding hydrogens is 364 g/mol. The minimum atomic E-state index is -0.292. The Morgan fingerprint density at radius 1 is 0.966 bits per heavy atom. The van der Waals surface area contributed by atoms with Gasteiger partial charge in [-0.1, -0.05) is 37.3 Å². The molecule has 154 valence electrons. The Morgan fingerprint density at radius 2 is 1.72 bits per heavy atom. The second kappa shape index (κ2) is 10.5. The van der Waals surface area contributed by atoms with Gasteiger partial charge in [0.25, 0.3) is 5.91 Å². The van der Waals surface area contributed by atoms with E-state index in [1.807, 2.05) is 49.4 Å². The summed E-state index contributed by atoms with van der Waals surface area (Å²) in [4.78, 5) is 27.3. The lowest BCUT2D eigenvalue weighted by Gasteiger charge is -2.30. The van der Waals surface area contributed by atoms with Crippen molar-refractivity contribution in [2.24, 2.45) is 0 Å². The van der Waals surface area contributed by atoms with Gasteiger partial charge in [-0.3, -0.25) is 4.79 Å². The topological polar surface area (TPSA) is 73.5 Å². The number of nitrogens with zero attached hydrogens (tertiary/aromatic N) is 1. The first-order valence-corrected chi connectivity index (χ1v) is 10.4. The third-order valence-corrected chi connectivity index (χ3v) is 5.03. The smallest absolute Gasteiger partial charge is 0.319 e. The fourth-order valence-corrected chi connectivity index (χ4v) is 3.49. The third-order valence-electron chi connectivity index (χ3n) is 5.03. The van der Waals surface area contributed by atoms with Gasteiger partial charge in [0.15, 0.2) is 0 Å². The lowest BCUT2D eigenvalue weighted by Crippen LogP contribution is -2.33. The van der Waals surface area contributed by atoms with E-state index in [2.05, 4.69) is 20.9 Å². The van der Waals surface area contributed by atoms with E-state index < -0.39 is 0 Å². The molecule has 0 saturated carbocycles. The molecule has 6 nitrogen and oxygen atoms in total. The summed E-state index contributed by atoms with van der Waals surface area (Å²) in [6.07, 6.45) is 4.38. The van der Waals surface area contributed by atoms with Gasteiger partial charge in [0.2, 0.25) is 0 Å². The molecule has 6 heteroatoms. The average molecular weight is 395 g/mol. The van der Waals surface area contributed by atoms with Crippen LogP contribution < -0.4 is 20.9 Å². The molecule has 3 amide bonds. The maximum Gasteiger partial charge on any atom is 0.319 e. The summed E-state index contributed by atoms with van der Waals surface area (Å²) in [6, 6.07) is 15.0. The third kappa shape index (κ3) is 5.98. The van der Waals surface area contributed by atoms with E-state index in [9.17, 15) is 9.59 Å². The normalized spacial score (nSPS) is 13.6. The van der Waals surface area contributed by atoms with Gasteiger partial charge in [0.1, 0.15) is 0 Å². The first kappa shape index (κ1) is 20.7. The van der Waals surface area contributed by atoms with Crippen LogP contribution in [0.5, 0.6) is 0 Å². The van der Waals surface area contributed by atoms with E-state index >= 15 is 0 Å². The largest absolute Gasteiger partial charge is 0.371 e. The highest BCUT2D eigenvalue weighted by molar-refractivity contribution is 6.02. The molecule has 0 bridgehead atoms. The number of piperidine rings is 1.